The summed E-state index contributed by atoms with van der Waals surface area (Å²) < 4.78 is 5.37. The smallest absolute Gasteiger partial charge is 0.282 e. The topological polar surface area (TPSA) is 119 Å². The van der Waals surface area contributed by atoms with Crippen molar-refractivity contribution in [3.05, 3.63) is 39.4 Å². The Morgan fingerprint density at radius 3 is 2.83 bits per heavy atom. The zero-order valence-electron chi connectivity index (χ0n) is 12.7. The molecule has 0 aromatic heterocycles. The standard InChI is InChI=1S/C15H15N3O6/c19-12(16-7-9-3-2-6-24-9)8-17-14(20)10-4-1-5-11(18(22)23)13(10)15(17)21/h1,4-5,9H,2-3,6-8H2,(H,16,19)/t9-/m1/s1. The fourth-order valence-corrected chi connectivity index (χ4v) is 2.84. The van der Waals surface area contributed by atoms with Gasteiger partial charge in [0.25, 0.3) is 17.5 Å². The maximum absolute atomic E-state index is 12.3. The minimum Gasteiger partial charge on any atom is -0.376 e. The number of nitrogens with zero attached hydrogens (tertiary/aromatic N) is 2. The number of hydrogen-bond acceptors (Lipinski definition) is 6. The third-order valence-electron chi connectivity index (χ3n) is 4.03. The number of carbonyl (C=O) groups is 3. The van der Waals surface area contributed by atoms with Gasteiger partial charge in [-0.25, -0.2) is 0 Å². The largest absolute Gasteiger partial charge is 0.376 e. The van der Waals surface area contributed by atoms with E-state index in [-0.39, 0.29) is 17.2 Å². The Morgan fingerprint density at radius 2 is 2.17 bits per heavy atom. The molecule has 1 aromatic carbocycles. The summed E-state index contributed by atoms with van der Waals surface area (Å²) in [7, 11) is 0. The summed E-state index contributed by atoms with van der Waals surface area (Å²) in [6.07, 6.45) is 1.72. The van der Waals surface area contributed by atoms with Gasteiger partial charge in [0, 0.05) is 19.2 Å². The lowest BCUT2D eigenvalue weighted by molar-refractivity contribution is -0.385. The van der Waals surface area contributed by atoms with E-state index in [2.05, 4.69) is 5.32 Å². The molecule has 9 nitrogen and oxygen atoms in total. The van der Waals surface area contributed by atoms with Crippen molar-refractivity contribution in [2.45, 2.75) is 18.9 Å². The lowest BCUT2D eigenvalue weighted by Gasteiger charge is -2.15. The molecule has 3 amide bonds. The number of fused-ring (bicyclic) bond motifs is 1. The van der Waals surface area contributed by atoms with E-state index in [0.717, 1.165) is 23.8 Å². The van der Waals surface area contributed by atoms with E-state index in [1.807, 2.05) is 0 Å². The molecule has 1 aromatic rings. The van der Waals surface area contributed by atoms with Crippen molar-refractivity contribution in [1.29, 1.82) is 0 Å². The van der Waals surface area contributed by atoms with Crippen LogP contribution in [0.1, 0.15) is 33.6 Å². The van der Waals surface area contributed by atoms with Gasteiger partial charge >= 0.3 is 0 Å². The second-order valence-corrected chi connectivity index (χ2v) is 5.59. The van der Waals surface area contributed by atoms with Gasteiger partial charge in [-0.15, -0.1) is 0 Å². The number of nitro benzene ring substituents is 1. The SMILES string of the molecule is O=C(CN1C(=O)c2cccc([N+](=O)[O-])c2C1=O)NC[C@H]1CCCO1. The highest BCUT2D eigenvalue weighted by Gasteiger charge is 2.41. The molecule has 0 bridgehead atoms. The molecule has 1 N–H and O–H groups in total. The molecule has 1 saturated heterocycles. The van der Waals surface area contributed by atoms with E-state index < -0.39 is 34.9 Å². The summed E-state index contributed by atoms with van der Waals surface area (Å²) >= 11 is 0. The van der Waals surface area contributed by atoms with E-state index in [1.54, 1.807) is 0 Å². The highest BCUT2D eigenvalue weighted by atomic mass is 16.6. The fourth-order valence-electron chi connectivity index (χ4n) is 2.84. The van der Waals surface area contributed by atoms with Crippen LogP contribution in [-0.2, 0) is 9.53 Å². The van der Waals surface area contributed by atoms with Crippen LogP contribution in [0.15, 0.2) is 18.2 Å². The highest BCUT2D eigenvalue weighted by molar-refractivity contribution is 6.24. The van der Waals surface area contributed by atoms with Crippen LogP contribution in [0.3, 0.4) is 0 Å². The number of rotatable bonds is 5. The number of hydrogen-bond donors (Lipinski definition) is 1. The molecule has 3 rings (SSSR count). The molecule has 0 aliphatic carbocycles. The first kappa shape index (κ1) is 16.1. The van der Waals surface area contributed by atoms with Crippen molar-refractivity contribution < 1.29 is 24.0 Å². The number of amides is 3. The summed E-state index contributed by atoms with van der Waals surface area (Å²) in [6.45, 7) is 0.487. The lowest BCUT2D eigenvalue weighted by atomic mass is 10.1. The monoisotopic (exact) mass is 333 g/mol. The van der Waals surface area contributed by atoms with E-state index in [9.17, 15) is 24.5 Å². The number of imide groups is 1. The Morgan fingerprint density at radius 1 is 1.38 bits per heavy atom. The van der Waals surface area contributed by atoms with E-state index in [4.69, 9.17) is 4.74 Å². The maximum atomic E-state index is 12.3. The molecule has 0 spiro atoms. The van der Waals surface area contributed by atoms with Crippen molar-refractivity contribution in [2.75, 3.05) is 19.7 Å². The van der Waals surface area contributed by atoms with E-state index in [1.165, 1.54) is 12.1 Å². The quantitative estimate of drug-likeness (QED) is 0.476. The number of nitrogens with one attached hydrogen (secondary N) is 1. The van der Waals surface area contributed by atoms with Gasteiger partial charge in [0.2, 0.25) is 5.91 Å². The molecular formula is C15H15N3O6. The summed E-state index contributed by atoms with van der Waals surface area (Å²) in [6, 6.07) is 3.83. The Kier molecular flexibility index (Phi) is 4.26. The van der Waals surface area contributed by atoms with E-state index >= 15 is 0 Å². The molecule has 126 valence electrons. The second-order valence-electron chi connectivity index (χ2n) is 5.59. The van der Waals surface area contributed by atoms with Crippen molar-refractivity contribution in [3.8, 4) is 0 Å². The molecule has 2 aliphatic rings. The van der Waals surface area contributed by atoms with Crippen LogP contribution in [0.25, 0.3) is 0 Å². The lowest BCUT2D eigenvalue weighted by Crippen LogP contribution is -2.42. The molecule has 1 fully saturated rings. The summed E-state index contributed by atoms with van der Waals surface area (Å²) in [5.41, 5.74) is -0.756. The zero-order valence-corrected chi connectivity index (χ0v) is 12.7. The number of benzene rings is 1. The first-order valence-electron chi connectivity index (χ1n) is 7.51. The maximum Gasteiger partial charge on any atom is 0.282 e. The van der Waals surface area contributed by atoms with Gasteiger partial charge in [0.05, 0.1) is 16.6 Å². The van der Waals surface area contributed by atoms with Gasteiger partial charge in [0.1, 0.15) is 12.1 Å². The first-order valence-corrected chi connectivity index (χ1v) is 7.51. The van der Waals surface area contributed by atoms with Crippen molar-refractivity contribution in [3.63, 3.8) is 0 Å². The summed E-state index contributed by atoms with van der Waals surface area (Å²) in [5, 5.41) is 13.6. The number of ether oxygens (including phenoxy) is 1. The average Bonchev–Trinajstić information content (AvgIpc) is 3.16. The van der Waals surface area contributed by atoms with Crippen LogP contribution in [0, 0.1) is 10.1 Å². The Hall–Kier alpha value is -2.81. The third kappa shape index (κ3) is 2.85. The van der Waals surface area contributed by atoms with Gasteiger partial charge in [-0.05, 0) is 18.9 Å². The predicted molar refractivity (Wildman–Crippen MR) is 80.4 cm³/mol. The van der Waals surface area contributed by atoms with Gasteiger partial charge in [-0.3, -0.25) is 29.4 Å². The number of nitro groups is 1. The molecule has 9 heteroatoms. The van der Waals surface area contributed by atoms with Crippen LogP contribution in [0.4, 0.5) is 5.69 Å². The van der Waals surface area contributed by atoms with Crippen molar-refractivity contribution in [1.82, 2.24) is 10.2 Å². The minimum absolute atomic E-state index is 0.0545. The molecule has 2 heterocycles. The fraction of sp³-hybridized carbons (Fsp3) is 0.400. The van der Waals surface area contributed by atoms with Crippen molar-refractivity contribution in [2.24, 2.45) is 0 Å². The highest BCUT2D eigenvalue weighted by Crippen LogP contribution is 2.30. The van der Waals surface area contributed by atoms with E-state index in [0.29, 0.717) is 13.2 Å². The molecule has 24 heavy (non-hydrogen) atoms. The normalized spacial score (nSPS) is 19.5. The predicted octanol–water partition coefficient (Wildman–Crippen LogP) is 0.486. The number of carbonyl (C=O) groups excluding carboxylic acids is 3. The zero-order chi connectivity index (χ0) is 17.3. The van der Waals surface area contributed by atoms with Gasteiger partial charge < -0.3 is 10.1 Å². The van der Waals surface area contributed by atoms with Crippen LogP contribution in [-0.4, -0.2) is 53.3 Å². The Balaban J connectivity index is 1.70. The van der Waals surface area contributed by atoms with Crippen LogP contribution in [0.5, 0.6) is 0 Å². The summed E-state index contributed by atoms with van der Waals surface area (Å²) in [5.74, 6) is -2.04. The van der Waals surface area contributed by atoms with Gasteiger partial charge in [-0.2, -0.15) is 0 Å². The molecular weight excluding hydrogens is 318 g/mol. The Bertz CT molecular complexity index is 726. The van der Waals surface area contributed by atoms with Gasteiger partial charge in [-0.1, -0.05) is 6.07 Å². The third-order valence-corrected chi connectivity index (χ3v) is 4.03. The minimum atomic E-state index is -0.824. The molecule has 0 radical (unpaired) electrons. The van der Waals surface area contributed by atoms with Gasteiger partial charge in [0.15, 0.2) is 0 Å². The van der Waals surface area contributed by atoms with Crippen LogP contribution in [0.2, 0.25) is 0 Å². The Labute approximate surface area is 136 Å². The average molecular weight is 333 g/mol. The molecule has 0 unspecified atom stereocenters. The molecule has 2 aliphatic heterocycles. The van der Waals surface area contributed by atoms with Crippen molar-refractivity contribution >= 4 is 23.4 Å². The van der Waals surface area contributed by atoms with Crippen LogP contribution >= 0.6 is 0 Å². The summed E-state index contributed by atoms with van der Waals surface area (Å²) in [4.78, 5) is 47.6. The molecule has 0 saturated carbocycles. The molecule has 1 atom stereocenters. The van der Waals surface area contributed by atoms with Crippen LogP contribution < -0.4 is 5.32 Å². The first-order chi connectivity index (χ1) is 11.5. The second kappa shape index (κ2) is 6.36.